The van der Waals surface area contributed by atoms with Gasteiger partial charge >= 0.3 is 0 Å². The lowest BCUT2D eigenvalue weighted by Crippen LogP contribution is -2.40. The Morgan fingerprint density at radius 3 is 3.00 bits per heavy atom. The molecular formula is C10H17N3O2. The van der Waals surface area contributed by atoms with Crippen molar-refractivity contribution in [2.45, 2.75) is 39.3 Å². The van der Waals surface area contributed by atoms with Gasteiger partial charge in [-0.25, -0.2) is 4.98 Å². The van der Waals surface area contributed by atoms with Crippen molar-refractivity contribution >= 4 is 5.91 Å². The third-order valence-corrected chi connectivity index (χ3v) is 2.21. The Hall–Kier alpha value is -1.36. The minimum atomic E-state index is -0.429. The van der Waals surface area contributed by atoms with Gasteiger partial charge in [-0.1, -0.05) is 13.3 Å². The van der Waals surface area contributed by atoms with Crippen LogP contribution in [0.3, 0.4) is 0 Å². The van der Waals surface area contributed by atoms with Crippen LogP contribution in [0.4, 0.5) is 0 Å². The van der Waals surface area contributed by atoms with Crippen LogP contribution in [0.2, 0.25) is 0 Å². The van der Waals surface area contributed by atoms with Gasteiger partial charge in [-0.05, 0) is 13.3 Å². The molecular weight excluding hydrogens is 194 g/mol. The molecule has 84 valence electrons. The highest BCUT2D eigenvalue weighted by atomic mass is 16.3. The molecule has 1 aromatic rings. The number of nitrogens with one attached hydrogen (secondary N) is 1. The van der Waals surface area contributed by atoms with E-state index in [1.165, 1.54) is 6.39 Å². The molecule has 1 atom stereocenters. The standard InChI is InChI=1S/C10H17N3O2/c1-3-4-8(11)10(14)12-5-9-7(2)15-6-13-9/h6,8H,3-5,11H2,1-2H3,(H,12,14). The quantitative estimate of drug-likeness (QED) is 0.752. The molecule has 1 amide bonds. The molecule has 0 aromatic carbocycles. The number of hydrogen-bond acceptors (Lipinski definition) is 4. The van der Waals surface area contributed by atoms with E-state index in [1.54, 1.807) is 6.92 Å². The highest BCUT2D eigenvalue weighted by molar-refractivity contribution is 5.81. The second-order valence-corrected chi connectivity index (χ2v) is 3.47. The average Bonchev–Trinajstić information content (AvgIpc) is 2.61. The van der Waals surface area contributed by atoms with E-state index in [0.717, 1.165) is 17.9 Å². The summed E-state index contributed by atoms with van der Waals surface area (Å²) in [7, 11) is 0. The Morgan fingerprint density at radius 1 is 1.73 bits per heavy atom. The van der Waals surface area contributed by atoms with Crippen LogP contribution in [0.15, 0.2) is 10.8 Å². The number of aryl methyl sites for hydroxylation is 1. The molecule has 1 unspecified atom stereocenters. The van der Waals surface area contributed by atoms with Gasteiger partial charge in [0, 0.05) is 0 Å². The highest BCUT2D eigenvalue weighted by Gasteiger charge is 2.12. The fourth-order valence-electron chi connectivity index (χ4n) is 1.24. The number of aromatic nitrogens is 1. The van der Waals surface area contributed by atoms with Crippen LogP contribution in [0.5, 0.6) is 0 Å². The molecule has 0 spiro atoms. The first-order valence-corrected chi connectivity index (χ1v) is 5.07. The van der Waals surface area contributed by atoms with E-state index in [4.69, 9.17) is 10.2 Å². The van der Waals surface area contributed by atoms with Gasteiger partial charge in [-0.15, -0.1) is 0 Å². The molecule has 15 heavy (non-hydrogen) atoms. The summed E-state index contributed by atoms with van der Waals surface area (Å²) in [5, 5.41) is 2.72. The lowest BCUT2D eigenvalue weighted by atomic mass is 10.1. The van der Waals surface area contributed by atoms with Crippen LogP contribution in [0.25, 0.3) is 0 Å². The molecule has 0 radical (unpaired) electrons. The van der Waals surface area contributed by atoms with Crippen molar-refractivity contribution in [1.29, 1.82) is 0 Å². The minimum absolute atomic E-state index is 0.140. The molecule has 5 heteroatoms. The summed E-state index contributed by atoms with van der Waals surface area (Å²) < 4.78 is 5.01. The third kappa shape index (κ3) is 3.36. The zero-order valence-electron chi connectivity index (χ0n) is 9.12. The predicted octanol–water partition coefficient (Wildman–Crippen LogP) is 0.727. The first-order valence-electron chi connectivity index (χ1n) is 5.07. The minimum Gasteiger partial charge on any atom is -0.448 e. The van der Waals surface area contributed by atoms with Crippen molar-refractivity contribution in [3.63, 3.8) is 0 Å². The molecule has 0 aliphatic carbocycles. The number of hydrogen-bond donors (Lipinski definition) is 2. The van der Waals surface area contributed by atoms with Crippen molar-refractivity contribution in [2.75, 3.05) is 0 Å². The molecule has 1 aromatic heterocycles. The summed E-state index contributed by atoms with van der Waals surface area (Å²) in [6.07, 6.45) is 2.96. The summed E-state index contributed by atoms with van der Waals surface area (Å²) in [5.74, 6) is 0.582. The molecule has 0 aliphatic rings. The number of nitrogens with two attached hydrogens (primary N) is 1. The Labute approximate surface area is 89.1 Å². The Morgan fingerprint density at radius 2 is 2.47 bits per heavy atom. The number of nitrogens with zero attached hydrogens (tertiary/aromatic N) is 1. The number of carbonyl (C=O) groups is 1. The average molecular weight is 211 g/mol. The number of carbonyl (C=O) groups excluding carboxylic acids is 1. The summed E-state index contributed by atoms with van der Waals surface area (Å²) in [6.45, 7) is 4.17. The maximum Gasteiger partial charge on any atom is 0.237 e. The van der Waals surface area contributed by atoms with Crippen LogP contribution in [-0.2, 0) is 11.3 Å². The van der Waals surface area contributed by atoms with Crippen molar-refractivity contribution in [1.82, 2.24) is 10.3 Å². The van der Waals surface area contributed by atoms with Crippen LogP contribution in [0, 0.1) is 6.92 Å². The SMILES string of the molecule is CCCC(N)C(=O)NCc1ncoc1C. The third-order valence-electron chi connectivity index (χ3n) is 2.21. The maximum atomic E-state index is 11.4. The number of rotatable bonds is 5. The van der Waals surface area contributed by atoms with Crippen LogP contribution in [0.1, 0.15) is 31.2 Å². The normalized spacial score (nSPS) is 12.5. The van der Waals surface area contributed by atoms with Crippen LogP contribution < -0.4 is 11.1 Å². The first kappa shape index (κ1) is 11.7. The summed E-state index contributed by atoms with van der Waals surface area (Å²) in [6, 6.07) is -0.429. The van der Waals surface area contributed by atoms with Gasteiger partial charge in [-0.3, -0.25) is 4.79 Å². The molecule has 1 rings (SSSR count). The fourth-order valence-corrected chi connectivity index (χ4v) is 1.24. The predicted molar refractivity (Wildman–Crippen MR) is 56.0 cm³/mol. The van der Waals surface area contributed by atoms with Gasteiger partial charge < -0.3 is 15.5 Å². The molecule has 0 saturated heterocycles. The van der Waals surface area contributed by atoms with Gasteiger partial charge in [0.2, 0.25) is 5.91 Å². The fraction of sp³-hybridized carbons (Fsp3) is 0.600. The van der Waals surface area contributed by atoms with E-state index >= 15 is 0 Å². The molecule has 0 aliphatic heterocycles. The second-order valence-electron chi connectivity index (χ2n) is 3.47. The monoisotopic (exact) mass is 211 g/mol. The lowest BCUT2D eigenvalue weighted by Gasteiger charge is -2.09. The lowest BCUT2D eigenvalue weighted by molar-refractivity contribution is -0.122. The van der Waals surface area contributed by atoms with Crippen molar-refractivity contribution in [2.24, 2.45) is 5.73 Å². The largest absolute Gasteiger partial charge is 0.448 e. The molecule has 1 heterocycles. The van der Waals surface area contributed by atoms with Gasteiger partial charge in [0.15, 0.2) is 6.39 Å². The summed E-state index contributed by atoms with van der Waals surface area (Å²) >= 11 is 0. The molecule has 5 nitrogen and oxygen atoms in total. The van der Waals surface area contributed by atoms with Crippen molar-refractivity contribution < 1.29 is 9.21 Å². The van der Waals surface area contributed by atoms with Crippen molar-refractivity contribution in [3.8, 4) is 0 Å². The Bertz CT molecular complexity index is 322. The smallest absolute Gasteiger partial charge is 0.237 e. The molecule has 0 bridgehead atoms. The molecule has 0 saturated carbocycles. The second kappa shape index (κ2) is 5.50. The zero-order chi connectivity index (χ0) is 11.3. The number of oxazole rings is 1. The van der Waals surface area contributed by atoms with Gasteiger partial charge in [0.05, 0.1) is 12.6 Å². The summed E-state index contributed by atoms with van der Waals surface area (Å²) in [5.41, 5.74) is 6.39. The van der Waals surface area contributed by atoms with E-state index in [-0.39, 0.29) is 5.91 Å². The van der Waals surface area contributed by atoms with Crippen molar-refractivity contribution in [3.05, 3.63) is 17.8 Å². The topological polar surface area (TPSA) is 81.2 Å². The van der Waals surface area contributed by atoms with Gasteiger partial charge in [0.1, 0.15) is 11.5 Å². The van der Waals surface area contributed by atoms with E-state index < -0.39 is 6.04 Å². The zero-order valence-corrected chi connectivity index (χ0v) is 9.12. The van der Waals surface area contributed by atoms with Gasteiger partial charge in [0.25, 0.3) is 0 Å². The van der Waals surface area contributed by atoms with E-state index in [1.807, 2.05) is 6.92 Å². The maximum absolute atomic E-state index is 11.4. The van der Waals surface area contributed by atoms with Crippen LogP contribution in [-0.4, -0.2) is 16.9 Å². The van der Waals surface area contributed by atoms with E-state index in [0.29, 0.717) is 13.0 Å². The first-order chi connectivity index (χ1) is 7.15. The van der Waals surface area contributed by atoms with E-state index in [2.05, 4.69) is 10.3 Å². The number of amides is 1. The van der Waals surface area contributed by atoms with E-state index in [9.17, 15) is 4.79 Å². The summed E-state index contributed by atoms with van der Waals surface area (Å²) in [4.78, 5) is 15.4. The molecule has 3 N–H and O–H groups in total. The Kier molecular flexibility index (Phi) is 4.30. The Balaban J connectivity index is 2.37. The molecule has 0 fully saturated rings. The highest BCUT2D eigenvalue weighted by Crippen LogP contribution is 2.03. The van der Waals surface area contributed by atoms with Crippen LogP contribution >= 0.6 is 0 Å². The van der Waals surface area contributed by atoms with Gasteiger partial charge in [-0.2, -0.15) is 0 Å².